The largest absolute Gasteiger partial charge is 0.460 e. The molecule has 1 atom stereocenters. The Hall–Kier alpha value is -1.66. The van der Waals surface area contributed by atoms with Crippen LogP contribution >= 0.6 is 0 Å². The summed E-state index contributed by atoms with van der Waals surface area (Å²) in [5.74, 6) is -0.816. The van der Waals surface area contributed by atoms with Gasteiger partial charge in [-0.15, -0.1) is 0 Å². The third-order valence-electron chi connectivity index (χ3n) is 1.24. The summed E-state index contributed by atoms with van der Waals surface area (Å²) >= 11 is 0. The van der Waals surface area contributed by atoms with Gasteiger partial charge < -0.3 is 20.3 Å². The van der Waals surface area contributed by atoms with E-state index in [2.05, 4.69) is 23.2 Å². The maximum Gasteiger partial charge on any atom is 0.333 e. The van der Waals surface area contributed by atoms with E-state index in [0.717, 1.165) is 6.08 Å². The monoisotopic (exact) mass is 245 g/mol. The number of hydrogen-bond donors (Lipinski definition) is 3. The van der Waals surface area contributed by atoms with Crippen LogP contribution in [0.5, 0.6) is 0 Å². The van der Waals surface area contributed by atoms with Gasteiger partial charge in [0.15, 0.2) is 0 Å². The zero-order chi connectivity index (χ0) is 13.8. The minimum atomic E-state index is -0.608. The van der Waals surface area contributed by atoms with Crippen LogP contribution in [0, 0.1) is 0 Å². The van der Waals surface area contributed by atoms with Gasteiger partial charge >= 0.3 is 5.97 Å². The number of aliphatic hydroxyl groups is 2. The predicted molar refractivity (Wildman–Crippen MR) is 62.9 cm³/mol. The SMILES string of the molecule is C=C(C)C(=O)OCC(C)O.C=CC(=O)NCO. The van der Waals surface area contributed by atoms with Crippen molar-refractivity contribution in [1.29, 1.82) is 0 Å². The van der Waals surface area contributed by atoms with Gasteiger partial charge in [0.1, 0.15) is 13.3 Å². The second-order valence-corrected chi connectivity index (χ2v) is 3.13. The number of rotatable bonds is 5. The maximum absolute atomic E-state index is 10.6. The lowest BCUT2D eigenvalue weighted by atomic mass is 10.3. The Morgan fingerprint density at radius 2 is 2.06 bits per heavy atom. The van der Waals surface area contributed by atoms with Crippen molar-refractivity contribution in [2.75, 3.05) is 13.3 Å². The first-order valence-electron chi connectivity index (χ1n) is 4.87. The zero-order valence-electron chi connectivity index (χ0n) is 10.1. The van der Waals surface area contributed by atoms with Crippen LogP contribution in [0.3, 0.4) is 0 Å². The van der Waals surface area contributed by atoms with Crippen LogP contribution in [0.15, 0.2) is 24.8 Å². The fraction of sp³-hybridized carbons (Fsp3) is 0.455. The van der Waals surface area contributed by atoms with Crippen molar-refractivity contribution >= 4 is 11.9 Å². The molecule has 17 heavy (non-hydrogen) atoms. The van der Waals surface area contributed by atoms with E-state index in [9.17, 15) is 9.59 Å². The molecule has 0 bridgehead atoms. The van der Waals surface area contributed by atoms with Gasteiger partial charge in [-0.2, -0.15) is 0 Å². The average Bonchev–Trinajstić information content (AvgIpc) is 2.26. The van der Waals surface area contributed by atoms with Crippen molar-refractivity contribution in [3.63, 3.8) is 0 Å². The quantitative estimate of drug-likeness (QED) is 0.352. The Balaban J connectivity index is 0. The second kappa shape index (κ2) is 10.8. The fourth-order valence-corrected chi connectivity index (χ4v) is 0.470. The van der Waals surface area contributed by atoms with Gasteiger partial charge in [0.05, 0.1) is 6.10 Å². The van der Waals surface area contributed by atoms with Crippen molar-refractivity contribution in [1.82, 2.24) is 5.32 Å². The smallest absolute Gasteiger partial charge is 0.333 e. The zero-order valence-corrected chi connectivity index (χ0v) is 10.1. The molecule has 0 spiro atoms. The summed E-state index contributed by atoms with van der Waals surface area (Å²) in [7, 11) is 0. The molecule has 1 amide bonds. The predicted octanol–water partition coefficient (Wildman–Crippen LogP) is -0.275. The van der Waals surface area contributed by atoms with Gasteiger partial charge in [-0.1, -0.05) is 13.2 Å². The van der Waals surface area contributed by atoms with E-state index < -0.39 is 12.1 Å². The van der Waals surface area contributed by atoms with E-state index in [-0.39, 0.29) is 19.2 Å². The molecular formula is C11H19NO5. The molecule has 0 saturated carbocycles. The molecule has 0 aromatic carbocycles. The summed E-state index contributed by atoms with van der Waals surface area (Å²) in [6.45, 7) is 9.35. The summed E-state index contributed by atoms with van der Waals surface area (Å²) < 4.78 is 4.58. The van der Waals surface area contributed by atoms with Crippen molar-refractivity contribution < 1.29 is 24.5 Å². The van der Waals surface area contributed by atoms with Crippen LogP contribution < -0.4 is 5.32 Å². The molecule has 0 radical (unpaired) electrons. The molecule has 0 heterocycles. The lowest BCUT2D eigenvalue weighted by molar-refractivity contribution is -0.141. The number of hydrogen-bond acceptors (Lipinski definition) is 5. The summed E-state index contributed by atoms with van der Waals surface area (Å²) in [5.41, 5.74) is 0.348. The molecule has 0 saturated heterocycles. The number of amides is 1. The van der Waals surface area contributed by atoms with Crippen molar-refractivity contribution in [3.8, 4) is 0 Å². The number of carbonyl (C=O) groups is 2. The molecule has 0 aromatic heterocycles. The first-order chi connectivity index (χ1) is 7.84. The van der Waals surface area contributed by atoms with E-state index in [0.29, 0.717) is 5.57 Å². The van der Waals surface area contributed by atoms with E-state index in [1.807, 2.05) is 0 Å². The third-order valence-corrected chi connectivity index (χ3v) is 1.24. The Kier molecular flexibility index (Phi) is 11.3. The molecule has 0 aliphatic heterocycles. The summed E-state index contributed by atoms with van der Waals surface area (Å²) in [6.07, 6.45) is 0.485. The molecule has 98 valence electrons. The average molecular weight is 245 g/mol. The molecule has 0 aliphatic carbocycles. The Labute approximate surface area is 101 Å². The topological polar surface area (TPSA) is 95.9 Å². The summed E-state index contributed by atoms with van der Waals surface area (Å²) in [6, 6.07) is 0. The van der Waals surface area contributed by atoms with E-state index in [1.54, 1.807) is 13.8 Å². The van der Waals surface area contributed by atoms with Gasteiger partial charge in [-0.3, -0.25) is 4.79 Å². The second-order valence-electron chi connectivity index (χ2n) is 3.13. The van der Waals surface area contributed by atoms with Gasteiger partial charge in [-0.25, -0.2) is 4.79 Å². The van der Waals surface area contributed by atoms with Crippen molar-refractivity contribution in [2.24, 2.45) is 0 Å². The molecule has 6 nitrogen and oxygen atoms in total. The van der Waals surface area contributed by atoms with Crippen LogP contribution in [0.4, 0.5) is 0 Å². The maximum atomic E-state index is 10.6. The first kappa shape index (κ1) is 17.7. The minimum Gasteiger partial charge on any atom is -0.460 e. The molecule has 6 heteroatoms. The van der Waals surface area contributed by atoms with Gasteiger partial charge in [0.25, 0.3) is 0 Å². The number of esters is 1. The fourth-order valence-electron chi connectivity index (χ4n) is 0.470. The highest BCUT2D eigenvalue weighted by Crippen LogP contribution is 1.92. The van der Waals surface area contributed by atoms with Crippen LogP contribution in [0.1, 0.15) is 13.8 Å². The van der Waals surface area contributed by atoms with Crippen molar-refractivity contribution in [3.05, 3.63) is 24.8 Å². The van der Waals surface area contributed by atoms with Crippen LogP contribution in [-0.4, -0.2) is 41.5 Å². The summed E-state index contributed by atoms with van der Waals surface area (Å²) in [5, 5.41) is 18.8. The highest BCUT2D eigenvalue weighted by Gasteiger charge is 2.03. The lowest BCUT2D eigenvalue weighted by Gasteiger charge is -2.04. The lowest BCUT2D eigenvalue weighted by Crippen LogP contribution is -2.20. The number of ether oxygens (including phenoxy) is 1. The Bertz CT molecular complexity index is 273. The Morgan fingerprint density at radius 3 is 2.29 bits per heavy atom. The molecular weight excluding hydrogens is 226 g/mol. The van der Waals surface area contributed by atoms with Gasteiger partial charge in [-0.05, 0) is 19.9 Å². The molecule has 0 rings (SSSR count). The molecule has 0 aliphatic rings. The standard InChI is InChI=1S/C7H12O3.C4H7NO2/c1-5(2)7(9)10-4-6(3)8;1-2-4(7)5-3-6/h6,8H,1,4H2,2-3H3;2,6H,1,3H2,(H,5,7). The van der Waals surface area contributed by atoms with E-state index in [1.165, 1.54) is 0 Å². The number of aliphatic hydroxyl groups excluding tert-OH is 2. The van der Waals surface area contributed by atoms with Gasteiger partial charge in [0, 0.05) is 5.57 Å². The van der Waals surface area contributed by atoms with E-state index in [4.69, 9.17) is 10.2 Å². The highest BCUT2D eigenvalue weighted by atomic mass is 16.5. The highest BCUT2D eigenvalue weighted by molar-refractivity contribution is 5.87. The number of nitrogens with one attached hydrogen (secondary N) is 1. The molecule has 0 fully saturated rings. The van der Waals surface area contributed by atoms with E-state index >= 15 is 0 Å². The number of carbonyl (C=O) groups excluding carboxylic acids is 2. The van der Waals surface area contributed by atoms with Gasteiger partial charge in [0.2, 0.25) is 5.91 Å². The normalized spacial score (nSPS) is 10.4. The van der Waals surface area contributed by atoms with Crippen LogP contribution in [0.2, 0.25) is 0 Å². The Morgan fingerprint density at radius 1 is 1.53 bits per heavy atom. The minimum absolute atomic E-state index is 0.0334. The van der Waals surface area contributed by atoms with Crippen LogP contribution in [0.25, 0.3) is 0 Å². The first-order valence-corrected chi connectivity index (χ1v) is 4.87. The van der Waals surface area contributed by atoms with Crippen molar-refractivity contribution in [2.45, 2.75) is 20.0 Å². The third kappa shape index (κ3) is 14.3. The molecule has 0 aromatic rings. The summed E-state index contributed by atoms with van der Waals surface area (Å²) in [4.78, 5) is 20.6. The molecule has 1 unspecified atom stereocenters. The molecule has 3 N–H and O–H groups in total. The van der Waals surface area contributed by atoms with Crippen LogP contribution in [-0.2, 0) is 14.3 Å².